The van der Waals surface area contributed by atoms with Crippen molar-refractivity contribution in [2.75, 3.05) is 0 Å². The number of nitrogens with one attached hydrogen (secondary N) is 1. The molecule has 0 aliphatic heterocycles. The standard InChI is InChI=1S/C11H9N3S2/c1-7-10-8(16-9-3-2-4-15-9)5-12-11(10)14-6-13-7/h2-6H,1H3,(H,12,13,14). The number of hydrogen-bond donors (Lipinski definition) is 1. The minimum atomic E-state index is 0.909. The van der Waals surface area contributed by atoms with Gasteiger partial charge in [0.2, 0.25) is 0 Å². The van der Waals surface area contributed by atoms with E-state index in [1.165, 1.54) is 9.10 Å². The van der Waals surface area contributed by atoms with E-state index in [4.69, 9.17) is 0 Å². The molecule has 0 radical (unpaired) electrons. The number of aromatic amines is 1. The fraction of sp³-hybridized carbons (Fsp3) is 0.0909. The summed E-state index contributed by atoms with van der Waals surface area (Å²) in [5.74, 6) is 0. The molecule has 0 aliphatic rings. The van der Waals surface area contributed by atoms with Crippen LogP contribution in [0.4, 0.5) is 0 Å². The number of H-pyrrole nitrogens is 1. The van der Waals surface area contributed by atoms with E-state index in [-0.39, 0.29) is 0 Å². The molecule has 0 aromatic carbocycles. The van der Waals surface area contributed by atoms with Crippen molar-refractivity contribution in [3.8, 4) is 0 Å². The summed E-state index contributed by atoms with van der Waals surface area (Å²) in [4.78, 5) is 12.8. The quantitative estimate of drug-likeness (QED) is 0.753. The summed E-state index contributed by atoms with van der Waals surface area (Å²) in [6, 6.07) is 4.18. The van der Waals surface area contributed by atoms with Crippen LogP contribution < -0.4 is 0 Å². The van der Waals surface area contributed by atoms with E-state index in [0.29, 0.717) is 0 Å². The largest absolute Gasteiger partial charge is 0.345 e. The fourth-order valence-electron chi connectivity index (χ4n) is 1.59. The fourth-order valence-corrected chi connectivity index (χ4v) is 3.50. The van der Waals surface area contributed by atoms with E-state index < -0.39 is 0 Å². The molecule has 1 N–H and O–H groups in total. The maximum Gasteiger partial charge on any atom is 0.142 e. The Balaban J connectivity index is 2.10. The van der Waals surface area contributed by atoms with Crippen LogP contribution in [0.15, 0.2) is 39.1 Å². The van der Waals surface area contributed by atoms with Crippen molar-refractivity contribution in [2.45, 2.75) is 16.0 Å². The van der Waals surface area contributed by atoms with Crippen LogP contribution in [0.1, 0.15) is 5.69 Å². The van der Waals surface area contributed by atoms with Gasteiger partial charge in [-0.05, 0) is 18.4 Å². The Morgan fingerprint density at radius 3 is 3.12 bits per heavy atom. The Hall–Kier alpha value is -1.33. The highest BCUT2D eigenvalue weighted by Crippen LogP contribution is 2.36. The molecule has 3 nitrogen and oxygen atoms in total. The summed E-state index contributed by atoms with van der Waals surface area (Å²) in [6.07, 6.45) is 3.59. The van der Waals surface area contributed by atoms with Crippen molar-refractivity contribution in [1.82, 2.24) is 15.0 Å². The predicted molar refractivity (Wildman–Crippen MR) is 67.1 cm³/mol. The van der Waals surface area contributed by atoms with E-state index >= 15 is 0 Å². The molecule has 5 heteroatoms. The van der Waals surface area contributed by atoms with Crippen molar-refractivity contribution >= 4 is 34.1 Å². The zero-order valence-electron chi connectivity index (χ0n) is 8.60. The monoisotopic (exact) mass is 247 g/mol. The first kappa shape index (κ1) is 9.86. The van der Waals surface area contributed by atoms with Gasteiger partial charge in [0, 0.05) is 11.1 Å². The Kier molecular flexibility index (Phi) is 2.41. The molecule has 0 aliphatic carbocycles. The van der Waals surface area contributed by atoms with Gasteiger partial charge in [0.1, 0.15) is 12.0 Å². The molecule has 3 aromatic rings. The van der Waals surface area contributed by atoms with Crippen LogP contribution in [0.3, 0.4) is 0 Å². The predicted octanol–water partition coefficient (Wildman–Crippen LogP) is 3.48. The maximum absolute atomic E-state index is 4.23. The van der Waals surface area contributed by atoms with Crippen LogP contribution in [-0.2, 0) is 0 Å². The zero-order valence-corrected chi connectivity index (χ0v) is 10.2. The van der Waals surface area contributed by atoms with Crippen molar-refractivity contribution in [3.05, 3.63) is 35.7 Å². The summed E-state index contributed by atoms with van der Waals surface area (Å²) < 4.78 is 1.28. The van der Waals surface area contributed by atoms with Crippen LogP contribution in [0.5, 0.6) is 0 Å². The minimum Gasteiger partial charge on any atom is -0.345 e. The molecule has 0 saturated carbocycles. The molecule has 0 atom stereocenters. The van der Waals surface area contributed by atoms with Crippen molar-refractivity contribution in [2.24, 2.45) is 0 Å². The van der Waals surface area contributed by atoms with Crippen LogP contribution in [0.2, 0.25) is 0 Å². The second-order valence-corrected chi connectivity index (χ2v) is 5.66. The van der Waals surface area contributed by atoms with Crippen LogP contribution in [0.25, 0.3) is 11.0 Å². The number of fused-ring (bicyclic) bond motifs is 1. The molecule has 0 bridgehead atoms. The van der Waals surface area contributed by atoms with Gasteiger partial charge in [-0.1, -0.05) is 17.8 Å². The molecule has 3 aromatic heterocycles. The van der Waals surface area contributed by atoms with Crippen LogP contribution in [-0.4, -0.2) is 15.0 Å². The number of rotatable bonds is 2. The third-order valence-electron chi connectivity index (χ3n) is 2.33. The average molecular weight is 247 g/mol. The SMILES string of the molecule is Cc1ncnc2[nH]cc(Sc3cccs3)c12. The Bertz CT molecular complexity index is 613. The number of aromatic nitrogens is 3. The van der Waals surface area contributed by atoms with Gasteiger partial charge in [-0.25, -0.2) is 9.97 Å². The Labute approximate surface area is 101 Å². The van der Waals surface area contributed by atoms with Gasteiger partial charge in [-0.2, -0.15) is 0 Å². The average Bonchev–Trinajstić information content (AvgIpc) is 2.90. The first-order chi connectivity index (χ1) is 7.84. The van der Waals surface area contributed by atoms with Gasteiger partial charge in [-0.3, -0.25) is 0 Å². The van der Waals surface area contributed by atoms with Crippen LogP contribution in [0, 0.1) is 6.92 Å². The molecule has 80 valence electrons. The lowest BCUT2D eigenvalue weighted by Crippen LogP contribution is -1.84. The van der Waals surface area contributed by atoms with Gasteiger partial charge >= 0.3 is 0 Å². The van der Waals surface area contributed by atoms with E-state index in [1.807, 2.05) is 13.1 Å². The molecular weight excluding hydrogens is 238 g/mol. The van der Waals surface area contributed by atoms with Crippen molar-refractivity contribution < 1.29 is 0 Å². The molecule has 0 amide bonds. The van der Waals surface area contributed by atoms with Crippen LogP contribution >= 0.6 is 23.1 Å². The first-order valence-electron chi connectivity index (χ1n) is 4.84. The lowest BCUT2D eigenvalue weighted by Gasteiger charge is -1.98. The number of thiophene rings is 1. The van der Waals surface area contributed by atoms with Gasteiger partial charge in [0.05, 0.1) is 15.3 Å². The molecule has 0 spiro atoms. The summed E-state index contributed by atoms with van der Waals surface area (Å²) in [5, 5.41) is 3.21. The molecular formula is C11H9N3S2. The van der Waals surface area contributed by atoms with E-state index in [0.717, 1.165) is 16.7 Å². The third kappa shape index (κ3) is 1.62. The highest BCUT2D eigenvalue weighted by atomic mass is 32.2. The number of aryl methyl sites for hydroxylation is 1. The molecule has 0 saturated heterocycles. The van der Waals surface area contributed by atoms with Crippen molar-refractivity contribution in [1.29, 1.82) is 0 Å². The highest BCUT2D eigenvalue weighted by Gasteiger charge is 2.09. The molecule has 0 unspecified atom stereocenters. The molecule has 0 fully saturated rings. The zero-order chi connectivity index (χ0) is 11.0. The molecule has 3 rings (SSSR count). The minimum absolute atomic E-state index is 0.909. The summed E-state index contributed by atoms with van der Waals surface area (Å²) >= 11 is 3.50. The maximum atomic E-state index is 4.23. The summed E-state index contributed by atoms with van der Waals surface area (Å²) in [6.45, 7) is 2.01. The van der Waals surface area contributed by atoms with Gasteiger partial charge in [0.25, 0.3) is 0 Å². The lowest BCUT2D eigenvalue weighted by molar-refractivity contribution is 1.14. The van der Waals surface area contributed by atoms with E-state index in [1.54, 1.807) is 29.4 Å². The first-order valence-corrected chi connectivity index (χ1v) is 6.54. The van der Waals surface area contributed by atoms with Gasteiger partial charge < -0.3 is 4.98 Å². The van der Waals surface area contributed by atoms with Gasteiger partial charge in [0.15, 0.2) is 0 Å². The normalized spacial score (nSPS) is 11.1. The molecule has 3 heterocycles. The smallest absolute Gasteiger partial charge is 0.142 e. The number of hydrogen-bond acceptors (Lipinski definition) is 4. The second kappa shape index (κ2) is 3.92. The molecule has 16 heavy (non-hydrogen) atoms. The van der Waals surface area contributed by atoms with E-state index in [2.05, 4.69) is 32.5 Å². The summed E-state index contributed by atoms with van der Waals surface area (Å²) in [5.41, 5.74) is 1.93. The second-order valence-electron chi connectivity index (χ2n) is 3.37. The third-order valence-corrected chi connectivity index (χ3v) is 4.41. The highest BCUT2D eigenvalue weighted by molar-refractivity contribution is 8.01. The van der Waals surface area contributed by atoms with E-state index in [9.17, 15) is 0 Å². The summed E-state index contributed by atoms with van der Waals surface area (Å²) in [7, 11) is 0. The lowest BCUT2D eigenvalue weighted by atomic mass is 10.3. The Morgan fingerprint density at radius 1 is 1.38 bits per heavy atom. The van der Waals surface area contributed by atoms with Gasteiger partial charge in [-0.15, -0.1) is 11.3 Å². The Morgan fingerprint density at radius 2 is 2.31 bits per heavy atom. The topological polar surface area (TPSA) is 41.6 Å². The number of nitrogens with zero attached hydrogens (tertiary/aromatic N) is 2. The van der Waals surface area contributed by atoms with Crippen molar-refractivity contribution in [3.63, 3.8) is 0 Å².